The zero-order chi connectivity index (χ0) is 13.1. The molecule has 1 aromatic heterocycles. The molecule has 0 aliphatic heterocycles. The maximum atomic E-state index is 12.4. The summed E-state index contributed by atoms with van der Waals surface area (Å²) in [6.07, 6.45) is -2.76. The first-order chi connectivity index (χ1) is 7.83. The zero-order valence-electron chi connectivity index (χ0n) is 9.75. The van der Waals surface area contributed by atoms with Crippen molar-refractivity contribution in [3.8, 4) is 0 Å². The van der Waals surface area contributed by atoms with E-state index in [0.717, 1.165) is 4.90 Å². The Kier molecular flexibility index (Phi) is 4.28. The number of hydrogen-bond acceptors (Lipinski definition) is 4. The third-order valence-electron chi connectivity index (χ3n) is 2.12. The quantitative estimate of drug-likeness (QED) is 0.875. The number of halogens is 3. The lowest BCUT2D eigenvalue weighted by atomic mass is 10.3. The molecule has 96 valence electrons. The number of anilines is 1. The fraction of sp³-hybridized carbons (Fsp3) is 0.600. The molecule has 1 heterocycles. The van der Waals surface area contributed by atoms with Gasteiger partial charge < -0.3 is 10.6 Å². The normalized spacial score (nSPS) is 11.6. The molecule has 17 heavy (non-hydrogen) atoms. The van der Waals surface area contributed by atoms with Crippen molar-refractivity contribution in [3.63, 3.8) is 0 Å². The third kappa shape index (κ3) is 4.18. The Labute approximate surface area is 97.7 Å². The molecule has 0 saturated carbocycles. The minimum absolute atomic E-state index is 0.0957. The highest BCUT2D eigenvalue weighted by molar-refractivity contribution is 5.43. The molecule has 1 rings (SSSR count). The van der Waals surface area contributed by atoms with Crippen molar-refractivity contribution in [2.45, 2.75) is 20.0 Å². The highest BCUT2D eigenvalue weighted by atomic mass is 19.4. The molecule has 1 aromatic rings. The Morgan fingerprint density at radius 1 is 1.35 bits per heavy atom. The van der Waals surface area contributed by atoms with Gasteiger partial charge in [-0.15, -0.1) is 0 Å². The van der Waals surface area contributed by atoms with Crippen LogP contribution in [0.4, 0.5) is 19.0 Å². The molecule has 0 aliphatic rings. The first-order valence-electron chi connectivity index (χ1n) is 5.15. The van der Waals surface area contributed by atoms with Crippen LogP contribution in [0.25, 0.3) is 0 Å². The van der Waals surface area contributed by atoms with Gasteiger partial charge in [0, 0.05) is 19.3 Å². The molecule has 0 spiro atoms. The van der Waals surface area contributed by atoms with Gasteiger partial charge in [-0.3, -0.25) is 4.98 Å². The van der Waals surface area contributed by atoms with Gasteiger partial charge >= 0.3 is 6.18 Å². The van der Waals surface area contributed by atoms with E-state index in [1.165, 1.54) is 6.20 Å². The van der Waals surface area contributed by atoms with E-state index in [-0.39, 0.29) is 18.9 Å². The van der Waals surface area contributed by atoms with Gasteiger partial charge in [0.05, 0.1) is 11.4 Å². The van der Waals surface area contributed by atoms with Gasteiger partial charge in [0.1, 0.15) is 6.54 Å². The predicted octanol–water partition coefficient (Wildman–Crippen LogP) is 1.42. The van der Waals surface area contributed by atoms with Crippen LogP contribution in [-0.2, 0) is 0 Å². The number of nitrogens with two attached hydrogens (primary N) is 1. The van der Waals surface area contributed by atoms with Crippen molar-refractivity contribution in [1.29, 1.82) is 0 Å². The Hall–Kier alpha value is -1.37. The summed E-state index contributed by atoms with van der Waals surface area (Å²) in [5.74, 6) is 0.243. The fourth-order valence-electron chi connectivity index (χ4n) is 1.46. The molecule has 0 atom stereocenters. The molecule has 0 saturated heterocycles. The molecule has 7 heteroatoms. The van der Waals surface area contributed by atoms with Crippen molar-refractivity contribution in [1.82, 2.24) is 9.97 Å². The van der Waals surface area contributed by atoms with E-state index in [1.807, 2.05) is 0 Å². The summed E-state index contributed by atoms with van der Waals surface area (Å²) in [6.45, 7) is 2.47. The predicted molar refractivity (Wildman–Crippen MR) is 58.8 cm³/mol. The van der Waals surface area contributed by atoms with Crippen LogP contribution in [-0.4, -0.2) is 35.8 Å². The average Bonchev–Trinajstić information content (AvgIpc) is 2.19. The standard InChI is InChI=1S/C10H15F3N4/c1-7-5-15-8(2)9(16-7)17(4-3-14)6-10(11,12)13/h5H,3-4,6,14H2,1-2H3. The smallest absolute Gasteiger partial charge is 0.345 e. The lowest BCUT2D eigenvalue weighted by molar-refractivity contribution is -0.119. The van der Waals surface area contributed by atoms with Crippen molar-refractivity contribution in [2.75, 3.05) is 24.5 Å². The first-order valence-corrected chi connectivity index (χ1v) is 5.15. The van der Waals surface area contributed by atoms with Crippen molar-refractivity contribution < 1.29 is 13.2 Å². The Balaban J connectivity index is 3.00. The van der Waals surface area contributed by atoms with Crippen LogP contribution < -0.4 is 10.6 Å². The highest BCUT2D eigenvalue weighted by Gasteiger charge is 2.31. The summed E-state index contributed by atoms with van der Waals surface area (Å²) >= 11 is 0. The van der Waals surface area contributed by atoms with Gasteiger partial charge in [-0.05, 0) is 13.8 Å². The first kappa shape index (κ1) is 13.7. The van der Waals surface area contributed by atoms with Gasteiger partial charge in [-0.25, -0.2) is 4.98 Å². The van der Waals surface area contributed by atoms with E-state index in [0.29, 0.717) is 11.4 Å². The molecule has 0 unspecified atom stereocenters. The molecular formula is C10H15F3N4. The van der Waals surface area contributed by atoms with Gasteiger partial charge in [-0.1, -0.05) is 0 Å². The van der Waals surface area contributed by atoms with E-state index < -0.39 is 12.7 Å². The molecule has 2 N–H and O–H groups in total. The summed E-state index contributed by atoms with van der Waals surface area (Å²) in [6, 6.07) is 0. The fourth-order valence-corrected chi connectivity index (χ4v) is 1.46. The second kappa shape index (κ2) is 5.31. The largest absolute Gasteiger partial charge is 0.405 e. The molecule has 0 radical (unpaired) electrons. The van der Waals surface area contributed by atoms with E-state index >= 15 is 0 Å². The summed E-state index contributed by atoms with van der Waals surface area (Å²) in [5, 5.41) is 0. The van der Waals surface area contributed by atoms with Crippen LogP contribution in [0.1, 0.15) is 11.4 Å². The SMILES string of the molecule is Cc1cnc(C)c(N(CCN)CC(F)(F)F)n1. The van der Waals surface area contributed by atoms with E-state index in [9.17, 15) is 13.2 Å². The van der Waals surface area contributed by atoms with Crippen molar-refractivity contribution in [3.05, 3.63) is 17.6 Å². The van der Waals surface area contributed by atoms with Crippen LogP contribution in [0.3, 0.4) is 0 Å². The monoisotopic (exact) mass is 248 g/mol. The van der Waals surface area contributed by atoms with Gasteiger partial charge in [0.15, 0.2) is 5.82 Å². The number of alkyl halides is 3. The second-order valence-corrected chi connectivity index (χ2v) is 3.75. The number of aryl methyl sites for hydroxylation is 2. The van der Waals surface area contributed by atoms with E-state index in [1.54, 1.807) is 13.8 Å². The summed E-state index contributed by atoms with van der Waals surface area (Å²) in [7, 11) is 0. The molecule has 4 nitrogen and oxygen atoms in total. The number of hydrogen-bond donors (Lipinski definition) is 1. The molecule has 0 bridgehead atoms. The molecule has 0 amide bonds. The Morgan fingerprint density at radius 3 is 2.53 bits per heavy atom. The van der Waals surface area contributed by atoms with Gasteiger partial charge in [0.25, 0.3) is 0 Å². The van der Waals surface area contributed by atoms with E-state index in [4.69, 9.17) is 5.73 Å². The highest BCUT2D eigenvalue weighted by Crippen LogP contribution is 2.22. The molecule has 0 aromatic carbocycles. The lowest BCUT2D eigenvalue weighted by Gasteiger charge is -2.25. The minimum atomic E-state index is -4.28. The number of aromatic nitrogens is 2. The molecular weight excluding hydrogens is 233 g/mol. The van der Waals surface area contributed by atoms with Crippen LogP contribution in [0.5, 0.6) is 0 Å². The summed E-state index contributed by atoms with van der Waals surface area (Å²) in [4.78, 5) is 9.19. The Morgan fingerprint density at radius 2 is 2.00 bits per heavy atom. The van der Waals surface area contributed by atoms with Crippen molar-refractivity contribution >= 4 is 5.82 Å². The molecule has 0 aliphatic carbocycles. The molecule has 0 fully saturated rings. The lowest BCUT2D eigenvalue weighted by Crippen LogP contribution is -2.38. The number of rotatable bonds is 4. The van der Waals surface area contributed by atoms with Crippen LogP contribution in [0, 0.1) is 13.8 Å². The zero-order valence-corrected chi connectivity index (χ0v) is 9.75. The van der Waals surface area contributed by atoms with Crippen LogP contribution in [0.15, 0.2) is 6.20 Å². The number of nitrogens with zero attached hydrogens (tertiary/aromatic N) is 3. The summed E-state index contributed by atoms with van der Waals surface area (Å²) in [5.41, 5.74) is 6.36. The topological polar surface area (TPSA) is 55.0 Å². The third-order valence-corrected chi connectivity index (χ3v) is 2.12. The van der Waals surface area contributed by atoms with Crippen molar-refractivity contribution in [2.24, 2.45) is 5.73 Å². The maximum absolute atomic E-state index is 12.4. The van der Waals surface area contributed by atoms with Crippen LogP contribution in [0.2, 0.25) is 0 Å². The Bertz CT molecular complexity index is 378. The maximum Gasteiger partial charge on any atom is 0.405 e. The average molecular weight is 248 g/mol. The van der Waals surface area contributed by atoms with Gasteiger partial charge in [0.2, 0.25) is 0 Å². The summed E-state index contributed by atoms with van der Waals surface area (Å²) < 4.78 is 37.2. The second-order valence-electron chi connectivity index (χ2n) is 3.75. The van der Waals surface area contributed by atoms with Crippen LogP contribution >= 0.6 is 0 Å². The van der Waals surface area contributed by atoms with E-state index in [2.05, 4.69) is 9.97 Å². The van der Waals surface area contributed by atoms with Gasteiger partial charge in [-0.2, -0.15) is 13.2 Å². The minimum Gasteiger partial charge on any atom is -0.345 e.